The third-order valence-corrected chi connectivity index (χ3v) is 4.04. The van der Waals surface area contributed by atoms with Crippen molar-refractivity contribution >= 4 is 5.91 Å². The van der Waals surface area contributed by atoms with Gasteiger partial charge in [-0.15, -0.1) is 0 Å². The molecule has 0 spiro atoms. The summed E-state index contributed by atoms with van der Waals surface area (Å²) in [5.41, 5.74) is 7.21. The zero-order valence-electron chi connectivity index (χ0n) is 11.9. The van der Waals surface area contributed by atoms with Crippen LogP contribution in [0.1, 0.15) is 32.3 Å². The average molecular weight is 260 g/mol. The summed E-state index contributed by atoms with van der Waals surface area (Å²) < 4.78 is 0. The lowest BCUT2D eigenvalue weighted by Crippen LogP contribution is -2.51. The van der Waals surface area contributed by atoms with Gasteiger partial charge in [0.2, 0.25) is 5.91 Å². The van der Waals surface area contributed by atoms with E-state index in [9.17, 15) is 4.79 Å². The number of piperidine rings is 1. The van der Waals surface area contributed by atoms with Crippen molar-refractivity contribution in [2.24, 2.45) is 11.7 Å². The van der Waals surface area contributed by atoms with E-state index >= 15 is 0 Å². The van der Waals surface area contributed by atoms with Gasteiger partial charge in [-0.3, -0.25) is 4.79 Å². The second kappa shape index (κ2) is 6.20. The van der Waals surface area contributed by atoms with Crippen LogP contribution in [-0.4, -0.2) is 29.4 Å². The number of nitrogens with zero attached hydrogens (tertiary/aromatic N) is 1. The van der Waals surface area contributed by atoms with Gasteiger partial charge in [-0.1, -0.05) is 37.3 Å². The molecule has 0 radical (unpaired) electrons. The van der Waals surface area contributed by atoms with Crippen LogP contribution < -0.4 is 5.73 Å². The minimum Gasteiger partial charge on any atom is -0.339 e. The lowest BCUT2D eigenvalue weighted by atomic mass is 9.92. The lowest BCUT2D eigenvalue weighted by Gasteiger charge is -2.38. The Balaban J connectivity index is 1.95. The van der Waals surface area contributed by atoms with E-state index in [1.54, 1.807) is 0 Å². The fourth-order valence-electron chi connectivity index (χ4n) is 2.90. The highest BCUT2D eigenvalue weighted by Crippen LogP contribution is 2.22. The van der Waals surface area contributed by atoms with Crippen LogP contribution in [0.4, 0.5) is 0 Å². The van der Waals surface area contributed by atoms with Crippen LogP contribution in [0.25, 0.3) is 0 Å². The van der Waals surface area contributed by atoms with Crippen LogP contribution in [-0.2, 0) is 11.2 Å². The van der Waals surface area contributed by atoms with Gasteiger partial charge in [0.05, 0.1) is 6.04 Å². The van der Waals surface area contributed by atoms with Crippen molar-refractivity contribution in [3.8, 4) is 0 Å². The van der Waals surface area contributed by atoms with Crippen LogP contribution in [0, 0.1) is 5.92 Å². The maximum atomic E-state index is 12.4. The first-order valence-corrected chi connectivity index (χ1v) is 7.18. The smallest absolute Gasteiger partial charge is 0.240 e. The SMILES string of the molecule is CC1CCN(C(=O)[C@@H](N)Cc2ccccc2)C(C)C1. The minimum atomic E-state index is -0.418. The second-order valence-electron chi connectivity index (χ2n) is 5.81. The van der Waals surface area contributed by atoms with Crippen LogP contribution in [0.3, 0.4) is 0 Å². The third-order valence-electron chi connectivity index (χ3n) is 4.04. The highest BCUT2D eigenvalue weighted by Gasteiger charge is 2.29. The first kappa shape index (κ1) is 14.1. The number of likely N-dealkylation sites (tertiary alicyclic amines) is 1. The Morgan fingerprint density at radius 3 is 2.68 bits per heavy atom. The van der Waals surface area contributed by atoms with Crippen LogP contribution >= 0.6 is 0 Å². The van der Waals surface area contributed by atoms with E-state index in [4.69, 9.17) is 5.73 Å². The molecule has 1 heterocycles. The minimum absolute atomic E-state index is 0.100. The first-order valence-electron chi connectivity index (χ1n) is 7.18. The summed E-state index contributed by atoms with van der Waals surface area (Å²) in [7, 11) is 0. The van der Waals surface area contributed by atoms with Crippen molar-refractivity contribution < 1.29 is 4.79 Å². The zero-order valence-corrected chi connectivity index (χ0v) is 11.9. The fourth-order valence-corrected chi connectivity index (χ4v) is 2.90. The van der Waals surface area contributed by atoms with E-state index in [-0.39, 0.29) is 5.91 Å². The molecule has 0 saturated carbocycles. The van der Waals surface area contributed by atoms with E-state index < -0.39 is 6.04 Å². The largest absolute Gasteiger partial charge is 0.339 e. The molecular weight excluding hydrogens is 236 g/mol. The quantitative estimate of drug-likeness (QED) is 0.905. The van der Waals surface area contributed by atoms with Gasteiger partial charge in [0.25, 0.3) is 0 Å². The Kier molecular flexibility index (Phi) is 4.59. The van der Waals surface area contributed by atoms with Crippen molar-refractivity contribution in [2.45, 2.75) is 45.2 Å². The molecular formula is C16H24N2O. The maximum absolute atomic E-state index is 12.4. The van der Waals surface area contributed by atoms with E-state index in [0.29, 0.717) is 18.4 Å². The van der Waals surface area contributed by atoms with E-state index in [0.717, 1.165) is 24.9 Å². The standard InChI is InChI=1S/C16H24N2O/c1-12-8-9-18(13(2)10-12)16(19)15(17)11-14-6-4-3-5-7-14/h3-7,12-13,15H,8-11,17H2,1-2H3/t12?,13?,15-/m0/s1. The molecule has 3 heteroatoms. The van der Waals surface area contributed by atoms with Gasteiger partial charge in [0.15, 0.2) is 0 Å². The lowest BCUT2D eigenvalue weighted by molar-refractivity contribution is -0.136. The van der Waals surface area contributed by atoms with Gasteiger partial charge in [-0.05, 0) is 37.7 Å². The molecule has 1 fully saturated rings. The van der Waals surface area contributed by atoms with E-state index in [2.05, 4.69) is 13.8 Å². The fraction of sp³-hybridized carbons (Fsp3) is 0.562. The number of hydrogen-bond acceptors (Lipinski definition) is 2. The molecule has 19 heavy (non-hydrogen) atoms. The number of rotatable bonds is 3. The summed E-state index contributed by atoms with van der Waals surface area (Å²) in [6.07, 6.45) is 2.80. The summed E-state index contributed by atoms with van der Waals surface area (Å²) in [5.74, 6) is 0.813. The third kappa shape index (κ3) is 3.57. The predicted molar refractivity (Wildman–Crippen MR) is 77.7 cm³/mol. The normalized spacial score (nSPS) is 25.1. The monoisotopic (exact) mass is 260 g/mol. The van der Waals surface area contributed by atoms with E-state index in [1.165, 1.54) is 0 Å². The summed E-state index contributed by atoms with van der Waals surface area (Å²) >= 11 is 0. The van der Waals surface area contributed by atoms with Crippen molar-refractivity contribution in [3.63, 3.8) is 0 Å². The van der Waals surface area contributed by atoms with Gasteiger partial charge >= 0.3 is 0 Å². The molecule has 0 aliphatic carbocycles. The summed E-state index contributed by atoms with van der Waals surface area (Å²) in [5, 5.41) is 0. The van der Waals surface area contributed by atoms with Gasteiger partial charge in [-0.2, -0.15) is 0 Å². The van der Waals surface area contributed by atoms with Crippen LogP contribution in [0.2, 0.25) is 0 Å². The number of carbonyl (C=O) groups excluding carboxylic acids is 1. The number of amides is 1. The van der Waals surface area contributed by atoms with Gasteiger partial charge in [0, 0.05) is 12.6 Å². The topological polar surface area (TPSA) is 46.3 Å². The van der Waals surface area contributed by atoms with Crippen molar-refractivity contribution in [2.75, 3.05) is 6.54 Å². The molecule has 1 amide bonds. The summed E-state index contributed by atoms with van der Waals surface area (Å²) in [6, 6.07) is 9.89. The maximum Gasteiger partial charge on any atom is 0.240 e. The van der Waals surface area contributed by atoms with Gasteiger partial charge in [-0.25, -0.2) is 0 Å². The Morgan fingerprint density at radius 2 is 2.05 bits per heavy atom. The zero-order chi connectivity index (χ0) is 13.8. The van der Waals surface area contributed by atoms with Gasteiger partial charge in [0.1, 0.15) is 0 Å². The van der Waals surface area contributed by atoms with Gasteiger partial charge < -0.3 is 10.6 Å². The molecule has 3 atom stereocenters. The van der Waals surface area contributed by atoms with Crippen molar-refractivity contribution in [1.29, 1.82) is 0 Å². The number of carbonyl (C=O) groups is 1. The van der Waals surface area contributed by atoms with Crippen molar-refractivity contribution in [3.05, 3.63) is 35.9 Å². The molecule has 1 aromatic carbocycles. The Morgan fingerprint density at radius 1 is 1.37 bits per heavy atom. The highest BCUT2D eigenvalue weighted by atomic mass is 16.2. The Hall–Kier alpha value is -1.35. The first-order chi connectivity index (χ1) is 9.08. The average Bonchev–Trinajstić information content (AvgIpc) is 2.39. The number of hydrogen-bond donors (Lipinski definition) is 1. The van der Waals surface area contributed by atoms with E-state index in [1.807, 2.05) is 35.2 Å². The molecule has 1 aliphatic rings. The van der Waals surface area contributed by atoms with Crippen LogP contribution in [0.5, 0.6) is 0 Å². The summed E-state index contributed by atoms with van der Waals surface area (Å²) in [4.78, 5) is 14.4. The molecule has 1 aliphatic heterocycles. The molecule has 2 rings (SSSR count). The summed E-state index contributed by atoms with van der Waals surface area (Å²) in [6.45, 7) is 5.23. The predicted octanol–water partition coefficient (Wildman–Crippen LogP) is 2.20. The molecule has 1 saturated heterocycles. The highest BCUT2D eigenvalue weighted by molar-refractivity contribution is 5.82. The molecule has 2 unspecified atom stereocenters. The molecule has 0 aromatic heterocycles. The molecule has 1 aromatic rings. The molecule has 104 valence electrons. The van der Waals surface area contributed by atoms with Crippen LogP contribution in [0.15, 0.2) is 30.3 Å². The Labute approximate surface area is 115 Å². The number of nitrogens with two attached hydrogens (primary N) is 1. The molecule has 2 N–H and O–H groups in total. The van der Waals surface area contributed by atoms with Crippen molar-refractivity contribution in [1.82, 2.24) is 4.90 Å². The molecule has 3 nitrogen and oxygen atoms in total. The number of benzene rings is 1. The second-order valence-corrected chi connectivity index (χ2v) is 5.81. The Bertz CT molecular complexity index is 418. The molecule has 0 bridgehead atoms.